The summed E-state index contributed by atoms with van der Waals surface area (Å²) in [6, 6.07) is 15.0. The van der Waals surface area contributed by atoms with Crippen LogP contribution in [0.25, 0.3) is 0 Å². The van der Waals surface area contributed by atoms with Crippen LogP contribution in [0.4, 0.5) is 5.69 Å². The Kier molecular flexibility index (Phi) is 11.1. The lowest BCUT2D eigenvalue weighted by molar-refractivity contribution is -0.255. The zero-order valence-electron chi connectivity index (χ0n) is 26.1. The van der Waals surface area contributed by atoms with Crippen molar-refractivity contribution in [3.63, 3.8) is 0 Å². The van der Waals surface area contributed by atoms with Gasteiger partial charge >= 0.3 is 0 Å². The standard InChI is InChI=1S/C34H44Cl3N3O5/c1-33(2,3)39-30(42)28-16-15-22-7-4-5-10-27(22)40(28)19-26-18-29(23-13-11-21(20-41)12-14-23)45-31(44-26)24-8-6-9-25(17-24)38-32(43)34(35,36)37/h6,8-9,11-14,17,22,26-29,31,41H,4-5,7,10,15-16,18-20H2,1-3H3,(H,38,43)(H,39,42)/t22-,26-,27-,28-,29+,31+/m1/s1. The first-order valence-corrected chi connectivity index (χ1v) is 17.0. The third-order valence-corrected chi connectivity index (χ3v) is 9.53. The summed E-state index contributed by atoms with van der Waals surface area (Å²) in [5.41, 5.74) is 2.62. The van der Waals surface area contributed by atoms with Crippen molar-refractivity contribution in [1.82, 2.24) is 10.2 Å². The molecule has 6 atom stereocenters. The van der Waals surface area contributed by atoms with Crippen LogP contribution in [-0.4, -0.2) is 55.9 Å². The Bertz CT molecular complexity index is 1330. The van der Waals surface area contributed by atoms with Gasteiger partial charge < -0.3 is 25.2 Å². The van der Waals surface area contributed by atoms with E-state index in [0.29, 0.717) is 36.2 Å². The molecule has 5 rings (SSSR count). The van der Waals surface area contributed by atoms with Gasteiger partial charge in [0.2, 0.25) is 5.91 Å². The van der Waals surface area contributed by atoms with E-state index in [1.165, 1.54) is 12.8 Å². The van der Waals surface area contributed by atoms with E-state index in [-0.39, 0.29) is 36.3 Å². The number of nitrogens with zero attached hydrogens (tertiary/aromatic N) is 1. The van der Waals surface area contributed by atoms with Crippen LogP contribution >= 0.6 is 34.8 Å². The smallest absolute Gasteiger partial charge is 0.276 e. The van der Waals surface area contributed by atoms with Crippen LogP contribution in [0.15, 0.2) is 48.5 Å². The molecular weight excluding hydrogens is 637 g/mol. The lowest BCUT2D eigenvalue weighted by Crippen LogP contribution is -2.61. The van der Waals surface area contributed by atoms with Gasteiger partial charge in [0, 0.05) is 35.8 Å². The number of carbonyl (C=O) groups is 2. The van der Waals surface area contributed by atoms with Gasteiger partial charge in [-0.05, 0) is 75.6 Å². The predicted octanol–water partition coefficient (Wildman–Crippen LogP) is 6.97. The molecule has 0 unspecified atom stereocenters. The molecule has 3 fully saturated rings. The van der Waals surface area contributed by atoms with Crippen molar-refractivity contribution < 1.29 is 24.2 Å². The number of rotatable bonds is 7. The van der Waals surface area contributed by atoms with E-state index >= 15 is 0 Å². The van der Waals surface area contributed by atoms with Crippen molar-refractivity contribution in [2.24, 2.45) is 5.92 Å². The van der Waals surface area contributed by atoms with Gasteiger partial charge in [-0.15, -0.1) is 0 Å². The molecule has 8 nitrogen and oxygen atoms in total. The number of halogens is 3. The molecule has 0 radical (unpaired) electrons. The quantitative estimate of drug-likeness (QED) is 0.273. The third-order valence-electron chi connectivity index (χ3n) is 9.01. The minimum Gasteiger partial charge on any atom is -0.392 e. The average molecular weight is 681 g/mol. The Balaban J connectivity index is 1.43. The Morgan fingerprint density at radius 2 is 1.69 bits per heavy atom. The van der Waals surface area contributed by atoms with Crippen molar-refractivity contribution in [3.8, 4) is 0 Å². The second kappa shape index (κ2) is 14.5. The Morgan fingerprint density at radius 3 is 2.38 bits per heavy atom. The van der Waals surface area contributed by atoms with E-state index in [9.17, 15) is 14.7 Å². The molecule has 0 spiro atoms. The number of ether oxygens (including phenoxy) is 2. The first kappa shape index (κ1) is 34.4. The number of nitrogens with one attached hydrogen (secondary N) is 2. The highest BCUT2D eigenvalue weighted by Crippen LogP contribution is 2.42. The number of aliphatic hydroxyl groups is 1. The van der Waals surface area contributed by atoms with Crippen LogP contribution in [0.3, 0.4) is 0 Å². The van der Waals surface area contributed by atoms with Gasteiger partial charge in [0.1, 0.15) is 0 Å². The first-order chi connectivity index (χ1) is 21.3. The summed E-state index contributed by atoms with van der Waals surface area (Å²) in [7, 11) is 0. The average Bonchev–Trinajstić information content (AvgIpc) is 3.00. The maximum Gasteiger partial charge on any atom is 0.276 e. The summed E-state index contributed by atoms with van der Waals surface area (Å²) < 4.78 is 11.1. The van der Waals surface area contributed by atoms with Crippen LogP contribution < -0.4 is 10.6 Å². The molecular formula is C34H44Cl3N3O5. The molecule has 2 saturated heterocycles. The molecule has 1 saturated carbocycles. The summed E-state index contributed by atoms with van der Waals surface area (Å²) in [6.07, 6.45) is 5.87. The largest absolute Gasteiger partial charge is 0.392 e. The minimum absolute atomic E-state index is 0.0393. The van der Waals surface area contributed by atoms with Gasteiger partial charge in [-0.3, -0.25) is 14.5 Å². The molecule has 0 bridgehead atoms. The fourth-order valence-electron chi connectivity index (χ4n) is 6.96. The Labute approximate surface area is 281 Å². The molecule has 2 aromatic carbocycles. The highest BCUT2D eigenvalue weighted by atomic mass is 35.6. The van der Waals surface area contributed by atoms with Crippen molar-refractivity contribution >= 4 is 52.3 Å². The van der Waals surface area contributed by atoms with Gasteiger partial charge in [-0.2, -0.15) is 0 Å². The Hall–Kier alpha value is -1.91. The van der Waals surface area contributed by atoms with Crippen LogP contribution in [0, 0.1) is 5.92 Å². The van der Waals surface area contributed by atoms with E-state index in [1.54, 1.807) is 18.2 Å². The fraction of sp³-hybridized carbons (Fsp3) is 0.588. The topological polar surface area (TPSA) is 100 Å². The minimum atomic E-state index is -2.11. The molecule has 246 valence electrons. The molecule has 3 aliphatic rings. The van der Waals surface area contributed by atoms with Gasteiger partial charge in [0.25, 0.3) is 9.70 Å². The zero-order valence-corrected chi connectivity index (χ0v) is 28.4. The number of likely N-dealkylation sites (tertiary alicyclic amines) is 1. The maximum absolute atomic E-state index is 13.7. The molecule has 0 aromatic heterocycles. The van der Waals surface area contributed by atoms with Gasteiger partial charge in [-0.1, -0.05) is 84.0 Å². The number of carbonyl (C=O) groups excluding carboxylic acids is 2. The third kappa shape index (κ3) is 8.92. The van der Waals surface area contributed by atoms with Crippen LogP contribution in [-0.2, 0) is 25.7 Å². The first-order valence-electron chi connectivity index (χ1n) is 15.9. The van der Waals surface area contributed by atoms with Crippen molar-refractivity contribution in [1.29, 1.82) is 0 Å². The highest BCUT2D eigenvalue weighted by Gasteiger charge is 2.44. The van der Waals surface area contributed by atoms with E-state index in [1.807, 2.05) is 51.1 Å². The number of alkyl halides is 3. The lowest BCUT2D eigenvalue weighted by Gasteiger charge is -2.50. The normalized spacial score (nSPS) is 27.8. The number of hydrogen-bond acceptors (Lipinski definition) is 6. The van der Waals surface area contributed by atoms with E-state index < -0.39 is 16.0 Å². The second-order valence-corrected chi connectivity index (χ2v) is 15.8. The van der Waals surface area contributed by atoms with Gasteiger partial charge in [0.15, 0.2) is 6.29 Å². The molecule has 11 heteroatoms. The monoisotopic (exact) mass is 679 g/mol. The van der Waals surface area contributed by atoms with E-state index in [2.05, 4.69) is 15.5 Å². The molecule has 1 aliphatic carbocycles. The summed E-state index contributed by atoms with van der Waals surface area (Å²) in [5, 5.41) is 15.5. The molecule has 2 heterocycles. The molecule has 3 N–H and O–H groups in total. The summed E-state index contributed by atoms with van der Waals surface area (Å²) in [4.78, 5) is 28.4. The number of benzene rings is 2. The number of aliphatic hydroxyl groups excluding tert-OH is 1. The fourth-order valence-corrected chi connectivity index (χ4v) is 7.10. The van der Waals surface area contributed by atoms with E-state index in [0.717, 1.165) is 36.8 Å². The summed E-state index contributed by atoms with van der Waals surface area (Å²) in [6.45, 7) is 6.61. The molecule has 45 heavy (non-hydrogen) atoms. The van der Waals surface area contributed by atoms with Crippen molar-refractivity contribution in [3.05, 3.63) is 65.2 Å². The molecule has 2 aliphatic heterocycles. The van der Waals surface area contributed by atoms with Crippen LogP contribution in [0.5, 0.6) is 0 Å². The van der Waals surface area contributed by atoms with Crippen LogP contribution in [0.2, 0.25) is 0 Å². The number of amides is 2. The van der Waals surface area contributed by atoms with E-state index in [4.69, 9.17) is 44.3 Å². The number of fused-ring (bicyclic) bond motifs is 1. The maximum atomic E-state index is 13.7. The van der Waals surface area contributed by atoms with Crippen molar-refractivity contribution in [2.45, 2.75) is 112 Å². The van der Waals surface area contributed by atoms with Gasteiger partial charge in [-0.25, -0.2) is 0 Å². The second-order valence-electron chi connectivity index (χ2n) is 13.6. The number of piperidine rings is 1. The number of hydrogen-bond donors (Lipinski definition) is 3. The number of anilines is 1. The SMILES string of the molecule is CC(C)(C)NC(=O)[C@H]1CC[C@H]2CCCC[C@H]2N1C[C@H]1C[C@@H](c2ccc(CO)cc2)O[C@@H](c2cccc(NC(=O)C(Cl)(Cl)Cl)c2)O1. The predicted molar refractivity (Wildman–Crippen MR) is 177 cm³/mol. The van der Waals surface area contributed by atoms with Crippen LogP contribution in [0.1, 0.15) is 94.8 Å². The lowest BCUT2D eigenvalue weighted by atomic mass is 9.75. The zero-order chi connectivity index (χ0) is 32.4. The van der Waals surface area contributed by atoms with Crippen molar-refractivity contribution in [2.75, 3.05) is 11.9 Å². The Morgan fingerprint density at radius 1 is 0.956 bits per heavy atom. The molecule has 2 aromatic rings. The van der Waals surface area contributed by atoms with Gasteiger partial charge in [0.05, 0.1) is 24.9 Å². The summed E-state index contributed by atoms with van der Waals surface area (Å²) in [5.74, 6) is -0.113. The molecule has 2 amide bonds. The summed E-state index contributed by atoms with van der Waals surface area (Å²) >= 11 is 17.3. The highest BCUT2D eigenvalue weighted by molar-refractivity contribution is 6.76.